The Morgan fingerprint density at radius 3 is 1.47 bits per heavy atom. The fourth-order valence-corrected chi connectivity index (χ4v) is 12.9. The topological polar surface area (TPSA) is 18.5 Å². The third-order valence-corrected chi connectivity index (χ3v) is 15.8. The minimum absolute atomic E-state index is 0.0542. The lowest BCUT2D eigenvalue weighted by atomic mass is 9.72. The lowest BCUT2D eigenvalue weighted by Gasteiger charge is -2.41. The minimum atomic E-state index is -1.02. The van der Waals surface area contributed by atoms with E-state index < -0.39 is 15.8 Å². The summed E-state index contributed by atoms with van der Waals surface area (Å²) in [6.07, 6.45) is 0. The van der Waals surface area contributed by atoms with Crippen LogP contribution in [0.15, 0.2) is 121 Å². The van der Waals surface area contributed by atoms with E-state index in [1.54, 1.807) is 0 Å². The molecule has 0 amide bonds. The van der Waals surface area contributed by atoms with E-state index in [4.69, 9.17) is 9.47 Å². The van der Waals surface area contributed by atoms with Crippen molar-refractivity contribution in [2.24, 2.45) is 0 Å². The van der Waals surface area contributed by atoms with Crippen molar-refractivity contribution >= 4 is 47.7 Å². The molecule has 0 atom stereocenters. The van der Waals surface area contributed by atoms with Crippen LogP contribution in [0, 0.1) is 13.8 Å². The molecule has 268 valence electrons. The van der Waals surface area contributed by atoms with E-state index in [-0.39, 0.29) is 16.2 Å². The average molecular weight is 733 g/mol. The van der Waals surface area contributed by atoms with Crippen LogP contribution < -0.4 is 41.3 Å². The predicted octanol–water partition coefficient (Wildman–Crippen LogP) is 11.0. The van der Waals surface area contributed by atoms with E-state index in [0.717, 1.165) is 23.0 Å². The summed E-state index contributed by atoms with van der Waals surface area (Å²) in [7, 11) is -1.96. The van der Waals surface area contributed by atoms with Crippen LogP contribution in [0.2, 0.25) is 0 Å². The highest BCUT2D eigenvalue weighted by atomic mass is 31.1. The largest absolute Gasteiger partial charge is 0.456 e. The first-order chi connectivity index (χ1) is 25.1. The van der Waals surface area contributed by atoms with Crippen molar-refractivity contribution in [1.82, 2.24) is 0 Å². The van der Waals surface area contributed by atoms with Gasteiger partial charge in [-0.2, -0.15) is 0 Å². The predicted molar refractivity (Wildman–Crippen MR) is 229 cm³/mol. The van der Waals surface area contributed by atoms with Gasteiger partial charge in [0.2, 0.25) is 0 Å². The highest BCUT2D eigenvalue weighted by Gasteiger charge is 2.43. The van der Waals surface area contributed by atoms with E-state index in [9.17, 15) is 0 Å². The first kappa shape index (κ1) is 35.8. The molecule has 0 N–H and O–H groups in total. The molecular weight excluding hydrogens is 682 g/mol. The Kier molecular flexibility index (Phi) is 8.76. The number of aryl methyl sites for hydroxylation is 2. The van der Waals surface area contributed by atoms with E-state index in [2.05, 4.69) is 191 Å². The van der Waals surface area contributed by atoms with Crippen molar-refractivity contribution in [1.29, 1.82) is 0 Å². The molecule has 2 aliphatic rings. The summed E-state index contributed by atoms with van der Waals surface area (Å²) in [6, 6.07) is 45.3. The molecule has 6 aromatic rings. The summed E-state index contributed by atoms with van der Waals surface area (Å²) in [5, 5.41) is 7.67. The van der Waals surface area contributed by atoms with E-state index in [1.165, 1.54) is 65.2 Å². The second-order valence-electron chi connectivity index (χ2n) is 17.4. The van der Waals surface area contributed by atoms with Gasteiger partial charge in [-0.05, 0) is 98.7 Å². The molecule has 2 nitrogen and oxygen atoms in total. The Hall–Kier alpha value is -4.22. The third kappa shape index (κ3) is 6.33. The zero-order chi connectivity index (χ0) is 37.4. The standard InChI is InChI=1S/C49H50O2P2/c1-31-21-23-39-41(25-31)53(42-26-32(2)22-24-40(42)50-39)44-30-34(48(6,7)8)28-38-46(44)51-45-37(49(38,9)10)27-33(47(3,4)5)29-43(45)52(35-17-13-11-14-18-35)36-19-15-12-16-20-36/h11-30H,1-10H3. The van der Waals surface area contributed by atoms with Gasteiger partial charge in [-0.1, -0.05) is 151 Å². The van der Waals surface area contributed by atoms with E-state index in [0.29, 0.717) is 0 Å². The molecule has 0 fully saturated rings. The van der Waals surface area contributed by atoms with Gasteiger partial charge in [0.05, 0.1) is 0 Å². The van der Waals surface area contributed by atoms with Crippen molar-refractivity contribution in [2.75, 3.05) is 0 Å². The van der Waals surface area contributed by atoms with Gasteiger partial charge in [-0.15, -0.1) is 0 Å². The molecule has 0 unspecified atom stereocenters. The molecule has 0 bridgehead atoms. The van der Waals surface area contributed by atoms with Crippen LogP contribution in [0.5, 0.6) is 23.0 Å². The summed E-state index contributed by atoms with van der Waals surface area (Å²) in [6.45, 7) is 23.2. The summed E-state index contributed by atoms with van der Waals surface area (Å²) in [5.41, 5.74) is 7.18. The van der Waals surface area contributed by atoms with Crippen LogP contribution in [0.3, 0.4) is 0 Å². The van der Waals surface area contributed by atoms with Gasteiger partial charge in [0, 0.05) is 37.8 Å². The van der Waals surface area contributed by atoms with Crippen molar-refractivity contribution in [3.05, 3.63) is 155 Å². The molecule has 2 aliphatic heterocycles. The number of hydrogen-bond donors (Lipinski definition) is 0. The number of benzene rings is 6. The van der Waals surface area contributed by atoms with Crippen molar-refractivity contribution in [2.45, 2.75) is 85.5 Å². The molecule has 0 aliphatic carbocycles. The molecule has 0 radical (unpaired) electrons. The van der Waals surface area contributed by atoms with Gasteiger partial charge < -0.3 is 9.47 Å². The molecule has 0 aromatic heterocycles. The molecule has 0 saturated carbocycles. The normalized spacial score (nSPS) is 14.8. The van der Waals surface area contributed by atoms with Gasteiger partial charge in [0.25, 0.3) is 0 Å². The molecule has 53 heavy (non-hydrogen) atoms. The van der Waals surface area contributed by atoms with Gasteiger partial charge >= 0.3 is 0 Å². The molecule has 6 aromatic carbocycles. The van der Waals surface area contributed by atoms with Crippen LogP contribution in [0.1, 0.15) is 88.8 Å². The SMILES string of the molecule is Cc1ccc2c(c1)P(c1cc(C(C)(C)C)cc3c1Oc1c(P(c4ccccc4)c4ccccc4)cc(C(C)(C)C)cc1C3(C)C)c1cc(C)ccc1O2. The smallest absolute Gasteiger partial charge is 0.139 e. The first-order valence-electron chi connectivity index (χ1n) is 18.8. The van der Waals surface area contributed by atoms with Gasteiger partial charge in [-0.3, -0.25) is 0 Å². The molecule has 0 saturated heterocycles. The average Bonchev–Trinajstić information content (AvgIpc) is 3.11. The lowest BCUT2D eigenvalue weighted by Crippen LogP contribution is -2.36. The Labute approximate surface area is 319 Å². The maximum absolute atomic E-state index is 7.67. The molecular formula is C49H50O2P2. The van der Waals surface area contributed by atoms with E-state index in [1.807, 2.05) is 0 Å². The minimum Gasteiger partial charge on any atom is -0.456 e. The fraction of sp³-hybridized carbons (Fsp3) is 0.265. The third-order valence-electron chi connectivity index (χ3n) is 10.9. The monoisotopic (exact) mass is 732 g/mol. The Balaban J connectivity index is 1.46. The summed E-state index contributed by atoms with van der Waals surface area (Å²) >= 11 is 0. The zero-order valence-corrected chi connectivity index (χ0v) is 34.5. The second kappa shape index (κ2) is 13.0. The Bertz CT molecular complexity index is 2270. The Morgan fingerprint density at radius 2 is 0.981 bits per heavy atom. The fourth-order valence-electron chi connectivity index (χ4n) is 7.68. The maximum atomic E-state index is 7.67. The molecule has 0 spiro atoms. The number of fused-ring (bicyclic) bond motifs is 4. The number of ether oxygens (including phenoxy) is 2. The van der Waals surface area contributed by atoms with E-state index >= 15 is 0 Å². The van der Waals surface area contributed by atoms with Gasteiger partial charge in [0.15, 0.2) is 0 Å². The molecule has 8 rings (SSSR count). The highest BCUT2D eigenvalue weighted by molar-refractivity contribution is 7.80. The van der Waals surface area contributed by atoms with Crippen LogP contribution in [0.4, 0.5) is 0 Å². The van der Waals surface area contributed by atoms with Crippen LogP contribution in [0.25, 0.3) is 0 Å². The van der Waals surface area contributed by atoms with Gasteiger partial charge in [0.1, 0.15) is 23.0 Å². The zero-order valence-electron chi connectivity index (χ0n) is 32.8. The van der Waals surface area contributed by atoms with Crippen molar-refractivity contribution in [3.63, 3.8) is 0 Å². The summed E-state index contributed by atoms with van der Waals surface area (Å²) in [4.78, 5) is 0. The molecule has 4 heteroatoms. The van der Waals surface area contributed by atoms with Crippen LogP contribution in [-0.2, 0) is 16.2 Å². The summed E-state index contributed by atoms with van der Waals surface area (Å²) in [5.74, 6) is 3.90. The van der Waals surface area contributed by atoms with Crippen LogP contribution in [-0.4, -0.2) is 0 Å². The highest BCUT2D eigenvalue weighted by Crippen LogP contribution is 2.56. The summed E-state index contributed by atoms with van der Waals surface area (Å²) < 4.78 is 14.3. The quantitative estimate of drug-likeness (QED) is 0.168. The van der Waals surface area contributed by atoms with Crippen molar-refractivity contribution in [3.8, 4) is 23.0 Å². The van der Waals surface area contributed by atoms with Gasteiger partial charge in [-0.25, -0.2) is 0 Å². The van der Waals surface area contributed by atoms with Crippen LogP contribution >= 0.6 is 15.8 Å². The maximum Gasteiger partial charge on any atom is 0.139 e. The second-order valence-corrected chi connectivity index (χ2v) is 21.7. The number of hydrogen-bond acceptors (Lipinski definition) is 2. The molecule has 2 heterocycles. The van der Waals surface area contributed by atoms with Crippen molar-refractivity contribution < 1.29 is 9.47 Å². The Morgan fingerprint density at radius 1 is 0.509 bits per heavy atom. The number of rotatable bonds is 4. The lowest BCUT2D eigenvalue weighted by molar-refractivity contribution is 0.421. The first-order valence-corrected chi connectivity index (χ1v) is 21.4.